The zero-order valence-corrected chi connectivity index (χ0v) is 7.20. The summed E-state index contributed by atoms with van der Waals surface area (Å²) in [6.07, 6.45) is 0.00253. The van der Waals surface area contributed by atoms with Crippen molar-refractivity contribution in [2.75, 3.05) is 13.9 Å². The Labute approximate surface area is 70.8 Å². The van der Waals surface area contributed by atoms with Crippen molar-refractivity contribution in [3.8, 4) is 0 Å². The van der Waals surface area contributed by atoms with Gasteiger partial charge in [-0.3, -0.25) is 9.59 Å². The van der Waals surface area contributed by atoms with Gasteiger partial charge in [-0.15, -0.1) is 0 Å². The van der Waals surface area contributed by atoms with Crippen LogP contribution in [0.3, 0.4) is 0 Å². The average Bonchev–Trinajstić information content (AvgIpc) is 1.98. The molecule has 0 amide bonds. The lowest BCUT2D eigenvalue weighted by Crippen LogP contribution is -2.34. The van der Waals surface area contributed by atoms with Gasteiger partial charge in [0.05, 0.1) is 0 Å². The number of ether oxygens (including phenoxy) is 2. The number of carbonyl (C=O) groups excluding carboxylic acids is 2. The third-order valence-electron chi connectivity index (χ3n) is 1.13. The van der Waals surface area contributed by atoms with Crippen molar-refractivity contribution >= 4 is 11.8 Å². The first-order chi connectivity index (χ1) is 5.57. The summed E-state index contributed by atoms with van der Waals surface area (Å²) in [7, 11) is 1.39. The lowest BCUT2D eigenvalue weighted by atomic mass is 10.2. The van der Waals surface area contributed by atoms with Gasteiger partial charge in [0.25, 0.3) is 0 Å². The van der Waals surface area contributed by atoms with E-state index in [-0.39, 0.29) is 19.0 Å². The topological polar surface area (TPSA) is 78.6 Å². The van der Waals surface area contributed by atoms with Crippen LogP contribution < -0.4 is 5.73 Å². The highest BCUT2D eigenvalue weighted by Gasteiger charge is 2.16. The first-order valence-corrected chi connectivity index (χ1v) is 3.48. The fourth-order valence-corrected chi connectivity index (χ4v) is 0.617. The summed E-state index contributed by atoms with van der Waals surface area (Å²) in [4.78, 5) is 21.4. The number of carbonyl (C=O) groups is 2. The molecule has 0 aromatic rings. The summed E-state index contributed by atoms with van der Waals surface area (Å²) in [5.41, 5.74) is 5.31. The third-order valence-corrected chi connectivity index (χ3v) is 1.13. The van der Waals surface area contributed by atoms with Crippen molar-refractivity contribution in [3.05, 3.63) is 0 Å². The molecule has 0 spiro atoms. The third kappa shape index (κ3) is 4.81. The summed E-state index contributed by atoms with van der Waals surface area (Å²) in [5, 5.41) is 0. The van der Waals surface area contributed by atoms with Gasteiger partial charge in [0.2, 0.25) is 0 Å². The van der Waals surface area contributed by atoms with Crippen LogP contribution >= 0.6 is 0 Å². The van der Waals surface area contributed by atoms with Gasteiger partial charge in [-0.05, 0) is 6.92 Å². The molecule has 5 heteroatoms. The van der Waals surface area contributed by atoms with E-state index >= 15 is 0 Å². The van der Waals surface area contributed by atoms with Gasteiger partial charge in [-0.1, -0.05) is 0 Å². The molecule has 0 aromatic carbocycles. The lowest BCUT2D eigenvalue weighted by molar-refractivity contribution is -0.156. The van der Waals surface area contributed by atoms with E-state index in [1.165, 1.54) is 14.0 Å². The second-order valence-corrected chi connectivity index (χ2v) is 2.38. The highest BCUT2D eigenvalue weighted by molar-refractivity contribution is 5.84. The molecular weight excluding hydrogens is 162 g/mol. The maximum absolute atomic E-state index is 10.9. The van der Waals surface area contributed by atoms with Crippen molar-refractivity contribution in [1.82, 2.24) is 0 Å². The molecule has 0 radical (unpaired) electrons. The van der Waals surface area contributed by atoms with Crippen molar-refractivity contribution < 1.29 is 19.1 Å². The van der Waals surface area contributed by atoms with E-state index in [4.69, 9.17) is 5.73 Å². The summed E-state index contributed by atoms with van der Waals surface area (Å²) in [6.45, 7) is 1.23. The predicted octanol–water partition coefficient (Wildman–Crippen LogP) is -0.560. The van der Waals surface area contributed by atoms with Gasteiger partial charge in [0, 0.05) is 13.5 Å². The lowest BCUT2D eigenvalue weighted by Gasteiger charge is -2.08. The Balaban J connectivity index is 3.69. The van der Waals surface area contributed by atoms with Crippen LogP contribution in [0.25, 0.3) is 0 Å². The maximum Gasteiger partial charge on any atom is 0.325 e. The molecule has 0 aliphatic heterocycles. The number of ketones is 1. The Morgan fingerprint density at radius 2 is 2.08 bits per heavy atom. The number of nitrogens with two attached hydrogens (primary N) is 1. The molecule has 0 aliphatic rings. The van der Waals surface area contributed by atoms with E-state index in [0.29, 0.717) is 0 Å². The SMILES string of the molecule is COCOC(=O)[C@@H](N)CC(C)=O. The second-order valence-electron chi connectivity index (χ2n) is 2.38. The van der Waals surface area contributed by atoms with Crippen molar-refractivity contribution in [2.45, 2.75) is 19.4 Å². The van der Waals surface area contributed by atoms with Gasteiger partial charge in [-0.25, -0.2) is 0 Å². The molecule has 12 heavy (non-hydrogen) atoms. The molecule has 0 heterocycles. The van der Waals surface area contributed by atoms with Crippen LogP contribution in [0.4, 0.5) is 0 Å². The van der Waals surface area contributed by atoms with Crippen LogP contribution in [0.2, 0.25) is 0 Å². The molecule has 5 nitrogen and oxygen atoms in total. The molecule has 2 N–H and O–H groups in total. The molecule has 0 saturated heterocycles. The quantitative estimate of drug-likeness (QED) is 0.447. The van der Waals surface area contributed by atoms with E-state index in [2.05, 4.69) is 9.47 Å². The van der Waals surface area contributed by atoms with Crippen LogP contribution in [-0.4, -0.2) is 31.7 Å². The smallest absolute Gasteiger partial charge is 0.325 e. The molecule has 0 fully saturated rings. The minimum atomic E-state index is -0.877. The number of hydrogen-bond acceptors (Lipinski definition) is 5. The van der Waals surface area contributed by atoms with Crippen LogP contribution in [0, 0.1) is 0 Å². The molecule has 0 aromatic heterocycles. The number of rotatable bonds is 5. The van der Waals surface area contributed by atoms with Crippen molar-refractivity contribution in [2.24, 2.45) is 5.73 Å². The number of Topliss-reactive ketones (excluding diaryl/α,β-unsaturated/α-hetero) is 1. The molecular formula is C7H13NO4. The number of hydrogen-bond donors (Lipinski definition) is 1. The number of esters is 1. The Morgan fingerprint density at radius 1 is 1.50 bits per heavy atom. The summed E-state index contributed by atoms with van der Waals surface area (Å²) < 4.78 is 9.00. The Kier molecular flexibility index (Phi) is 5.23. The summed E-state index contributed by atoms with van der Waals surface area (Å²) in [6, 6.07) is -0.877. The second kappa shape index (κ2) is 5.68. The molecule has 0 unspecified atom stereocenters. The first-order valence-electron chi connectivity index (χ1n) is 3.48. The highest BCUT2D eigenvalue weighted by atomic mass is 16.7. The molecule has 0 rings (SSSR count). The molecule has 0 aliphatic carbocycles. The fourth-order valence-electron chi connectivity index (χ4n) is 0.617. The van der Waals surface area contributed by atoms with Crippen LogP contribution in [0.15, 0.2) is 0 Å². The normalized spacial score (nSPS) is 12.2. The van der Waals surface area contributed by atoms with Crippen molar-refractivity contribution in [3.63, 3.8) is 0 Å². The Bertz CT molecular complexity index is 169. The maximum atomic E-state index is 10.9. The zero-order valence-electron chi connectivity index (χ0n) is 7.20. The average molecular weight is 175 g/mol. The van der Waals surface area contributed by atoms with Crippen LogP contribution in [0.1, 0.15) is 13.3 Å². The number of methoxy groups -OCH3 is 1. The van der Waals surface area contributed by atoms with Crippen LogP contribution in [0.5, 0.6) is 0 Å². The minimum absolute atomic E-state index is 0.00253. The van der Waals surface area contributed by atoms with Gasteiger partial charge >= 0.3 is 5.97 Å². The standard InChI is InChI=1S/C7H13NO4/c1-5(9)3-6(8)7(10)12-4-11-2/h6H,3-4,8H2,1-2H3/t6-/m0/s1. The van der Waals surface area contributed by atoms with Crippen LogP contribution in [-0.2, 0) is 19.1 Å². The predicted molar refractivity (Wildman–Crippen MR) is 41.2 cm³/mol. The largest absolute Gasteiger partial charge is 0.437 e. The zero-order chi connectivity index (χ0) is 9.56. The summed E-state index contributed by atoms with van der Waals surface area (Å²) >= 11 is 0. The fraction of sp³-hybridized carbons (Fsp3) is 0.714. The van der Waals surface area contributed by atoms with E-state index in [0.717, 1.165) is 0 Å². The molecule has 0 bridgehead atoms. The van der Waals surface area contributed by atoms with Gasteiger partial charge in [-0.2, -0.15) is 0 Å². The monoisotopic (exact) mass is 175 g/mol. The van der Waals surface area contributed by atoms with Gasteiger partial charge in [0.15, 0.2) is 6.79 Å². The van der Waals surface area contributed by atoms with E-state index in [1.54, 1.807) is 0 Å². The van der Waals surface area contributed by atoms with E-state index in [9.17, 15) is 9.59 Å². The molecule has 1 atom stereocenters. The van der Waals surface area contributed by atoms with Crippen molar-refractivity contribution in [1.29, 1.82) is 0 Å². The minimum Gasteiger partial charge on any atom is -0.437 e. The van der Waals surface area contributed by atoms with Gasteiger partial charge in [0.1, 0.15) is 11.8 Å². The highest BCUT2D eigenvalue weighted by Crippen LogP contribution is 1.93. The molecule has 0 saturated carbocycles. The summed E-state index contributed by atoms with van der Waals surface area (Å²) in [5.74, 6) is -0.760. The Hall–Kier alpha value is -0.940. The van der Waals surface area contributed by atoms with E-state index < -0.39 is 12.0 Å². The first kappa shape index (κ1) is 11.1. The van der Waals surface area contributed by atoms with E-state index in [1.807, 2.05) is 0 Å². The van der Waals surface area contributed by atoms with Gasteiger partial charge < -0.3 is 15.2 Å². The molecule has 70 valence electrons. The Morgan fingerprint density at radius 3 is 2.50 bits per heavy atom.